The lowest BCUT2D eigenvalue weighted by Crippen LogP contribution is -2.15. The molecule has 8 heteroatoms. The molecule has 0 saturated heterocycles. The molecular formula is C19H16Cl3N3O2. The molecule has 1 atom stereocenters. The van der Waals surface area contributed by atoms with Crippen molar-refractivity contribution in [2.24, 2.45) is 0 Å². The Labute approximate surface area is 171 Å². The number of hydrogen-bond donors (Lipinski definition) is 1. The largest absolute Gasteiger partial charge is 0.484 e. The summed E-state index contributed by atoms with van der Waals surface area (Å²) >= 11 is 18.6. The Morgan fingerprint density at radius 1 is 1.19 bits per heavy atom. The van der Waals surface area contributed by atoms with Gasteiger partial charge in [-0.3, -0.25) is 4.79 Å². The van der Waals surface area contributed by atoms with E-state index < -0.39 is 6.10 Å². The average Bonchev–Trinajstić information content (AvgIpc) is 3.09. The van der Waals surface area contributed by atoms with E-state index in [1.807, 2.05) is 16.8 Å². The Morgan fingerprint density at radius 3 is 2.63 bits per heavy atom. The van der Waals surface area contributed by atoms with E-state index in [0.717, 1.165) is 5.56 Å². The summed E-state index contributed by atoms with van der Waals surface area (Å²) < 4.78 is 8.05. The lowest BCUT2D eigenvalue weighted by atomic mass is 10.1. The number of benzene rings is 2. The number of ether oxygens (including phenoxy) is 1. The van der Waals surface area contributed by atoms with Crippen LogP contribution in [0.2, 0.25) is 15.1 Å². The molecular weight excluding hydrogens is 409 g/mol. The van der Waals surface area contributed by atoms with E-state index in [0.29, 0.717) is 33.0 Å². The van der Waals surface area contributed by atoms with Crippen LogP contribution in [0.3, 0.4) is 0 Å². The molecule has 0 saturated carbocycles. The molecule has 140 valence electrons. The summed E-state index contributed by atoms with van der Waals surface area (Å²) in [5.74, 6) is 0.349. The summed E-state index contributed by atoms with van der Waals surface area (Å²) in [6, 6.07) is 10.4. The number of carbonyl (C=O) groups is 1. The topological polar surface area (TPSA) is 56.1 Å². The molecule has 0 aliphatic heterocycles. The van der Waals surface area contributed by atoms with Crippen molar-refractivity contribution in [3.8, 4) is 5.75 Å². The molecule has 3 rings (SSSR count). The SMILES string of the molecule is CC(=O)Nc1ccc(OC(Cn2ccnc2)c2ccc(Cl)cc2Cl)cc1Cl. The summed E-state index contributed by atoms with van der Waals surface area (Å²) in [5, 5.41) is 4.10. The molecule has 1 heterocycles. The van der Waals surface area contributed by atoms with Gasteiger partial charge in [0.25, 0.3) is 0 Å². The quantitative estimate of drug-likeness (QED) is 0.558. The molecule has 1 amide bonds. The van der Waals surface area contributed by atoms with Gasteiger partial charge in [-0.2, -0.15) is 0 Å². The van der Waals surface area contributed by atoms with Gasteiger partial charge in [0.15, 0.2) is 0 Å². The van der Waals surface area contributed by atoms with Crippen molar-refractivity contribution in [3.05, 3.63) is 75.8 Å². The Hall–Kier alpha value is -2.21. The van der Waals surface area contributed by atoms with Gasteiger partial charge in [-0.1, -0.05) is 40.9 Å². The minimum Gasteiger partial charge on any atom is -0.484 e. The second-order valence-electron chi connectivity index (χ2n) is 5.85. The van der Waals surface area contributed by atoms with Crippen LogP contribution in [0.4, 0.5) is 5.69 Å². The first-order valence-electron chi connectivity index (χ1n) is 8.07. The van der Waals surface area contributed by atoms with Gasteiger partial charge in [-0.05, 0) is 24.3 Å². The van der Waals surface area contributed by atoms with E-state index in [-0.39, 0.29) is 5.91 Å². The maximum absolute atomic E-state index is 11.2. The van der Waals surface area contributed by atoms with Crippen LogP contribution >= 0.6 is 34.8 Å². The number of halogens is 3. The Kier molecular flexibility index (Phi) is 6.26. The number of nitrogens with one attached hydrogen (secondary N) is 1. The Morgan fingerprint density at radius 2 is 2.00 bits per heavy atom. The van der Waals surface area contributed by atoms with Gasteiger partial charge in [0.1, 0.15) is 11.9 Å². The second kappa shape index (κ2) is 8.65. The zero-order valence-corrected chi connectivity index (χ0v) is 16.6. The number of imidazole rings is 1. The van der Waals surface area contributed by atoms with E-state index in [1.54, 1.807) is 42.9 Å². The molecule has 1 N–H and O–H groups in total. The van der Waals surface area contributed by atoms with Crippen molar-refractivity contribution in [3.63, 3.8) is 0 Å². The summed E-state index contributed by atoms with van der Waals surface area (Å²) in [6.07, 6.45) is 4.84. The van der Waals surface area contributed by atoms with Crippen molar-refractivity contribution in [2.45, 2.75) is 19.6 Å². The highest BCUT2D eigenvalue weighted by atomic mass is 35.5. The van der Waals surface area contributed by atoms with E-state index in [2.05, 4.69) is 10.3 Å². The molecule has 0 spiro atoms. The van der Waals surface area contributed by atoms with Crippen molar-refractivity contribution in [1.29, 1.82) is 0 Å². The molecule has 5 nitrogen and oxygen atoms in total. The van der Waals surface area contributed by atoms with Crippen LogP contribution < -0.4 is 10.1 Å². The highest BCUT2D eigenvalue weighted by Crippen LogP contribution is 2.33. The Bertz CT molecular complexity index is 945. The molecule has 0 radical (unpaired) electrons. The molecule has 3 aromatic rings. The normalized spacial score (nSPS) is 11.9. The third-order valence-corrected chi connectivity index (χ3v) is 4.65. The van der Waals surface area contributed by atoms with Crippen molar-refractivity contribution in [1.82, 2.24) is 9.55 Å². The van der Waals surface area contributed by atoms with Gasteiger partial charge < -0.3 is 14.6 Å². The number of carbonyl (C=O) groups excluding carboxylic acids is 1. The van der Waals surface area contributed by atoms with E-state index in [1.165, 1.54) is 6.92 Å². The number of nitrogens with zero attached hydrogens (tertiary/aromatic N) is 2. The summed E-state index contributed by atoms with van der Waals surface area (Å²) in [4.78, 5) is 15.3. The third kappa shape index (κ3) is 5.16. The van der Waals surface area contributed by atoms with Crippen molar-refractivity contribution >= 4 is 46.4 Å². The van der Waals surface area contributed by atoms with E-state index >= 15 is 0 Å². The van der Waals surface area contributed by atoms with Crippen LogP contribution in [0.5, 0.6) is 5.75 Å². The fourth-order valence-electron chi connectivity index (χ4n) is 2.57. The highest BCUT2D eigenvalue weighted by molar-refractivity contribution is 6.35. The first kappa shape index (κ1) is 19.5. The van der Waals surface area contributed by atoms with Gasteiger partial charge in [-0.25, -0.2) is 4.98 Å². The summed E-state index contributed by atoms with van der Waals surface area (Å²) in [7, 11) is 0. The van der Waals surface area contributed by atoms with Crippen LogP contribution in [-0.2, 0) is 11.3 Å². The number of amides is 1. The number of hydrogen-bond acceptors (Lipinski definition) is 3. The number of rotatable bonds is 6. The van der Waals surface area contributed by atoms with Gasteiger partial charge in [0.2, 0.25) is 5.91 Å². The zero-order chi connectivity index (χ0) is 19.4. The van der Waals surface area contributed by atoms with Crippen LogP contribution in [-0.4, -0.2) is 15.5 Å². The van der Waals surface area contributed by atoms with Crippen LogP contribution in [0.25, 0.3) is 0 Å². The maximum Gasteiger partial charge on any atom is 0.221 e. The molecule has 0 aliphatic rings. The van der Waals surface area contributed by atoms with E-state index in [9.17, 15) is 4.79 Å². The third-order valence-electron chi connectivity index (χ3n) is 3.77. The fraction of sp³-hybridized carbons (Fsp3) is 0.158. The monoisotopic (exact) mass is 423 g/mol. The minimum absolute atomic E-state index is 0.198. The van der Waals surface area contributed by atoms with Crippen LogP contribution in [0.15, 0.2) is 55.1 Å². The zero-order valence-electron chi connectivity index (χ0n) is 14.3. The lowest BCUT2D eigenvalue weighted by molar-refractivity contribution is -0.114. The molecule has 0 fully saturated rings. The molecule has 1 aromatic heterocycles. The second-order valence-corrected chi connectivity index (χ2v) is 7.11. The highest BCUT2D eigenvalue weighted by Gasteiger charge is 2.19. The maximum atomic E-state index is 11.2. The molecule has 0 bridgehead atoms. The van der Waals surface area contributed by atoms with Crippen LogP contribution in [0.1, 0.15) is 18.6 Å². The lowest BCUT2D eigenvalue weighted by Gasteiger charge is -2.22. The predicted octanol–water partition coefficient (Wildman–Crippen LogP) is 5.62. The number of aromatic nitrogens is 2. The standard InChI is InChI=1S/C19H16Cl3N3O2/c1-12(26)24-18-5-3-14(9-17(18)22)27-19(10-25-7-6-23-11-25)15-4-2-13(20)8-16(15)21/h2-9,11,19H,10H2,1H3,(H,24,26). The van der Waals surface area contributed by atoms with Crippen molar-refractivity contribution in [2.75, 3.05) is 5.32 Å². The fourth-order valence-corrected chi connectivity index (χ4v) is 3.32. The molecule has 2 aromatic carbocycles. The Balaban J connectivity index is 1.89. The van der Waals surface area contributed by atoms with Crippen molar-refractivity contribution < 1.29 is 9.53 Å². The van der Waals surface area contributed by atoms with Gasteiger partial charge in [-0.15, -0.1) is 0 Å². The van der Waals surface area contributed by atoms with Gasteiger partial charge in [0, 0.05) is 41.0 Å². The number of anilines is 1. The predicted molar refractivity (Wildman–Crippen MR) is 108 cm³/mol. The van der Waals surface area contributed by atoms with Gasteiger partial charge >= 0.3 is 0 Å². The van der Waals surface area contributed by atoms with E-state index in [4.69, 9.17) is 39.5 Å². The smallest absolute Gasteiger partial charge is 0.221 e. The molecule has 1 unspecified atom stereocenters. The summed E-state index contributed by atoms with van der Waals surface area (Å²) in [5.41, 5.74) is 1.31. The molecule has 27 heavy (non-hydrogen) atoms. The summed E-state index contributed by atoms with van der Waals surface area (Å²) in [6.45, 7) is 1.91. The minimum atomic E-state index is -0.397. The van der Waals surface area contributed by atoms with Gasteiger partial charge in [0.05, 0.1) is 23.6 Å². The first-order chi connectivity index (χ1) is 12.9. The average molecular weight is 425 g/mol. The molecule has 0 aliphatic carbocycles. The van der Waals surface area contributed by atoms with Crippen LogP contribution in [0, 0.1) is 0 Å². The first-order valence-corrected chi connectivity index (χ1v) is 9.20.